The molecule has 0 saturated heterocycles. The first kappa shape index (κ1) is 77.1. The second-order valence-electron chi connectivity index (χ2n) is 22.7. The summed E-state index contributed by atoms with van der Waals surface area (Å²) in [5, 5.41) is 0. The zero-order chi connectivity index (χ0) is 58.5. The molecule has 0 aromatic heterocycles. The van der Waals surface area contributed by atoms with Crippen molar-refractivity contribution in [3.05, 3.63) is 109 Å². The molecule has 0 amide bonds. The lowest BCUT2D eigenvalue weighted by atomic mass is 10.0. The van der Waals surface area contributed by atoms with Crippen molar-refractivity contribution in [1.29, 1.82) is 0 Å². The number of hydrogen-bond acceptors (Lipinski definition) is 6. The molecular formula is C75H128O6. The van der Waals surface area contributed by atoms with E-state index in [0.29, 0.717) is 19.3 Å². The number of carbonyl (C=O) groups is 3. The highest BCUT2D eigenvalue weighted by Gasteiger charge is 2.19. The van der Waals surface area contributed by atoms with Gasteiger partial charge in [-0.15, -0.1) is 0 Å². The third-order valence-electron chi connectivity index (χ3n) is 14.7. The Hall–Kier alpha value is -3.93. The molecule has 0 aromatic carbocycles. The van der Waals surface area contributed by atoms with Gasteiger partial charge in [0.1, 0.15) is 13.2 Å². The van der Waals surface area contributed by atoms with E-state index in [9.17, 15) is 14.4 Å². The lowest BCUT2D eigenvalue weighted by Crippen LogP contribution is -2.30. The van der Waals surface area contributed by atoms with Gasteiger partial charge in [0.25, 0.3) is 0 Å². The Morgan fingerprint density at radius 3 is 0.778 bits per heavy atom. The number of ether oxygens (including phenoxy) is 3. The van der Waals surface area contributed by atoms with E-state index in [4.69, 9.17) is 14.2 Å². The average Bonchev–Trinajstić information content (AvgIpc) is 3.46. The summed E-state index contributed by atoms with van der Waals surface area (Å²) < 4.78 is 16.9. The van der Waals surface area contributed by atoms with Crippen LogP contribution in [0, 0.1) is 0 Å². The first-order valence-electron chi connectivity index (χ1n) is 34.4. The predicted molar refractivity (Wildman–Crippen MR) is 353 cm³/mol. The van der Waals surface area contributed by atoms with Crippen molar-refractivity contribution in [2.45, 2.75) is 335 Å². The monoisotopic (exact) mass is 1120 g/mol. The lowest BCUT2D eigenvalue weighted by molar-refractivity contribution is -0.167. The molecule has 0 bridgehead atoms. The minimum Gasteiger partial charge on any atom is -0.462 e. The van der Waals surface area contributed by atoms with Crippen LogP contribution in [-0.4, -0.2) is 37.2 Å². The Morgan fingerprint density at radius 2 is 0.481 bits per heavy atom. The van der Waals surface area contributed by atoms with Crippen LogP contribution in [0.1, 0.15) is 329 Å². The van der Waals surface area contributed by atoms with Gasteiger partial charge in [-0.1, -0.05) is 291 Å². The molecule has 0 radical (unpaired) electrons. The fraction of sp³-hybridized carbons (Fsp3) is 0.720. The summed E-state index contributed by atoms with van der Waals surface area (Å²) in [7, 11) is 0. The number of hydrogen-bond donors (Lipinski definition) is 0. The summed E-state index contributed by atoms with van der Waals surface area (Å²) in [5.74, 6) is -0.898. The standard InChI is InChI=1S/C75H128O6/c1-4-7-10-13-16-19-22-25-27-29-31-33-34-35-36-37-38-39-40-42-43-45-47-50-53-56-59-62-65-68-74(77)80-71-72(70-79-73(76)67-64-61-58-55-52-49-24-21-18-15-12-9-6-3)81-75(78)69-66-63-60-57-54-51-48-46-44-41-32-30-28-26-23-20-17-14-11-8-5-2/h7,10,16,19,21,23-27,30-33,35-36,44,46,72H,4-6,8-9,11-15,17-18,20,22,28-29,34,37-43,45,47-71H2,1-3H3/b10-7-,19-16-,24-21-,26-23-,27-25-,32-30-,33-31-,36-35-,46-44-. The molecule has 0 aliphatic heterocycles. The summed E-state index contributed by atoms with van der Waals surface area (Å²) in [4.78, 5) is 38.4. The summed E-state index contributed by atoms with van der Waals surface area (Å²) >= 11 is 0. The summed E-state index contributed by atoms with van der Waals surface area (Å²) in [5.41, 5.74) is 0. The Kier molecular flexibility index (Phi) is 65.2. The molecule has 0 aromatic rings. The normalized spacial score (nSPS) is 12.8. The van der Waals surface area contributed by atoms with Crippen molar-refractivity contribution in [3.8, 4) is 0 Å². The molecule has 0 rings (SSSR count). The van der Waals surface area contributed by atoms with E-state index in [0.717, 1.165) is 122 Å². The minimum absolute atomic E-state index is 0.0858. The van der Waals surface area contributed by atoms with Crippen LogP contribution >= 0.6 is 0 Å². The minimum atomic E-state index is -0.791. The summed E-state index contributed by atoms with van der Waals surface area (Å²) in [6, 6.07) is 0. The van der Waals surface area contributed by atoms with Gasteiger partial charge in [-0.3, -0.25) is 14.4 Å². The van der Waals surface area contributed by atoms with Gasteiger partial charge in [0.2, 0.25) is 0 Å². The second kappa shape index (κ2) is 68.6. The van der Waals surface area contributed by atoms with Crippen LogP contribution in [0.2, 0.25) is 0 Å². The molecule has 0 fully saturated rings. The van der Waals surface area contributed by atoms with Crippen LogP contribution in [0.4, 0.5) is 0 Å². The molecule has 464 valence electrons. The largest absolute Gasteiger partial charge is 0.462 e. The smallest absolute Gasteiger partial charge is 0.306 e. The number of esters is 3. The maximum Gasteiger partial charge on any atom is 0.306 e. The van der Waals surface area contributed by atoms with Crippen molar-refractivity contribution in [2.75, 3.05) is 13.2 Å². The first-order chi connectivity index (χ1) is 40.0. The van der Waals surface area contributed by atoms with E-state index in [1.807, 2.05) is 0 Å². The Morgan fingerprint density at radius 1 is 0.259 bits per heavy atom. The van der Waals surface area contributed by atoms with Gasteiger partial charge in [-0.05, 0) is 128 Å². The van der Waals surface area contributed by atoms with Gasteiger partial charge < -0.3 is 14.2 Å². The first-order valence-corrected chi connectivity index (χ1v) is 34.4. The Labute approximate surface area is 501 Å². The van der Waals surface area contributed by atoms with Crippen LogP contribution in [0.15, 0.2) is 109 Å². The number of rotatable bonds is 62. The van der Waals surface area contributed by atoms with Gasteiger partial charge in [0.15, 0.2) is 6.10 Å². The summed E-state index contributed by atoms with van der Waals surface area (Å²) in [6.07, 6.45) is 93.9. The van der Waals surface area contributed by atoms with Crippen molar-refractivity contribution in [2.24, 2.45) is 0 Å². The molecule has 0 aliphatic rings. The third-order valence-corrected chi connectivity index (χ3v) is 14.7. The zero-order valence-electron chi connectivity index (χ0n) is 53.3. The molecule has 6 nitrogen and oxygen atoms in total. The summed E-state index contributed by atoms with van der Waals surface area (Å²) in [6.45, 7) is 6.51. The zero-order valence-corrected chi connectivity index (χ0v) is 53.3. The fourth-order valence-electron chi connectivity index (χ4n) is 9.59. The molecule has 81 heavy (non-hydrogen) atoms. The second-order valence-corrected chi connectivity index (χ2v) is 22.7. The van der Waals surface area contributed by atoms with Gasteiger partial charge in [-0.25, -0.2) is 0 Å². The van der Waals surface area contributed by atoms with Gasteiger partial charge >= 0.3 is 17.9 Å². The number of allylic oxidation sites excluding steroid dienone is 18. The maximum absolute atomic E-state index is 12.9. The Bertz CT molecular complexity index is 1620. The molecule has 1 unspecified atom stereocenters. The lowest BCUT2D eigenvalue weighted by Gasteiger charge is -2.18. The molecule has 0 aliphatic carbocycles. The van der Waals surface area contributed by atoms with Crippen molar-refractivity contribution in [3.63, 3.8) is 0 Å². The highest BCUT2D eigenvalue weighted by molar-refractivity contribution is 5.71. The van der Waals surface area contributed by atoms with E-state index < -0.39 is 6.10 Å². The van der Waals surface area contributed by atoms with Crippen LogP contribution in [-0.2, 0) is 28.6 Å². The highest BCUT2D eigenvalue weighted by Crippen LogP contribution is 2.16. The maximum atomic E-state index is 12.9. The van der Waals surface area contributed by atoms with Crippen molar-refractivity contribution < 1.29 is 28.6 Å². The van der Waals surface area contributed by atoms with E-state index in [1.54, 1.807) is 0 Å². The molecule has 0 saturated carbocycles. The highest BCUT2D eigenvalue weighted by atomic mass is 16.6. The molecule has 0 N–H and O–H groups in total. The average molecular weight is 1130 g/mol. The molecule has 1 atom stereocenters. The Balaban J connectivity index is 4.30. The number of unbranched alkanes of at least 4 members (excludes halogenated alkanes) is 33. The fourth-order valence-corrected chi connectivity index (χ4v) is 9.59. The molecule has 0 heterocycles. The quantitative estimate of drug-likeness (QED) is 0.0261. The predicted octanol–water partition coefficient (Wildman–Crippen LogP) is 23.8. The van der Waals surface area contributed by atoms with E-state index in [1.165, 1.54) is 167 Å². The van der Waals surface area contributed by atoms with Gasteiger partial charge in [0, 0.05) is 19.3 Å². The van der Waals surface area contributed by atoms with Crippen LogP contribution in [0.5, 0.6) is 0 Å². The van der Waals surface area contributed by atoms with Crippen molar-refractivity contribution >= 4 is 17.9 Å². The topological polar surface area (TPSA) is 78.9 Å². The van der Waals surface area contributed by atoms with Crippen LogP contribution < -0.4 is 0 Å². The molecular weight excluding hydrogens is 997 g/mol. The van der Waals surface area contributed by atoms with E-state index >= 15 is 0 Å². The molecule has 0 spiro atoms. The SMILES string of the molecule is CC/C=C\C/C=C\C/C=C\C/C=C\C/C=C\CCCCCCCCCCCCCCCC(=O)OCC(COC(=O)CCCCCCC/C=C\CCCCCC)OC(=O)CCCCCCCC/C=C\C/C=C\C/C=C\CCCCCCC. The van der Waals surface area contributed by atoms with Crippen molar-refractivity contribution in [1.82, 2.24) is 0 Å². The van der Waals surface area contributed by atoms with Gasteiger partial charge in [-0.2, -0.15) is 0 Å². The molecule has 6 heteroatoms. The van der Waals surface area contributed by atoms with Crippen LogP contribution in [0.3, 0.4) is 0 Å². The third kappa shape index (κ3) is 66.8. The van der Waals surface area contributed by atoms with E-state index in [-0.39, 0.29) is 31.1 Å². The van der Waals surface area contributed by atoms with Gasteiger partial charge in [0.05, 0.1) is 0 Å². The van der Waals surface area contributed by atoms with Crippen LogP contribution in [0.25, 0.3) is 0 Å². The van der Waals surface area contributed by atoms with E-state index in [2.05, 4.69) is 130 Å². The number of carbonyl (C=O) groups excluding carboxylic acids is 3.